The molecule has 1 aliphatic rings. The SMILES string of the molecule is OC1(C(F)(F)F)CC(/C=C/c2cccs2)=NO1. The van der Waals surface area contributed by atoms with Gasteiger partial charge < -0.3 is 9.94 Å². The van der Waals surface area contributed by atoms with Gasteiger partial charge in [-0.15, -0.1) is 11.3 Å². The molecule has 2 heterocycles. The van der Waals surface area contributed by atoms with E-state index in [1.807, 2.05) is 17.5 Å². The monoisotopic (exact) mass is 263 g/mol. The Morgan fingerprint density at radius 1 is 1.47 bits per heavy atom. The minimum atomic E-state index is -4.85. The van der Waals surface area contributed by atoms with E-state index in [4.69, 9.17) is 5.11 Å². The van der Waals surface area contributed by atoms with E-state index in [-0.39, 0.29) is 5.71 Å². The van der Waals surface area contributed by atoms with Gasteiger partial charge in [-0.25, -0.2) is 0 Å². The number of hydrogen-bond acceptors (Lipinski definition) is 4. The van der Waals surface area contributed by atoms with Crippen LogP contribution in [0.4, 0.5) is 13.2 Å². The maximum absolute atomic E-state index is 12.4. The van der Waals surface area contributed by atoms with Crippen LogP contribution in [0.1, 0.15) is 11.3 Å². The number of aliphatic hydroxyl groups is 1. The van der Waals surface area contributed by atoms with Gasteiger partial charge in [0.25, 0.3) is 0 Å². The molecule has 0 aromatic carbocycles. The van der Waals surface area contributed by atoms with Gasteiger partial charge in [-0.05, 0) is 23.6 Å². The molecule has 1 atom stereocenters. The largest absolute Gasteiger partial charge is 0.458 e. The first-order chi connectivity index (χ1) is 7.91. The van der Waals surface area contributed by atoms with Crippen LogP contribution in [0.2, 0.25) is 0 Å². The minimum Gasteiger partial charge on any atom is -0.350 e. The van der Waals surface area contributed by atoms with E-state index in [9.17, 15) is 13.2 Å². The van der Waals surface area contributed by atoms with Crippen LogP contribution in [0, 0.1) is 0 Å². The quantitative estimate of drug-likeness (QED) is 0.891. The smallest absolute Gasteiger partial charge is 0.350 e. The third-order valence-electron chi connectivity index (χ3n) is 2.16. The van der Waals surface area contributed by atoms with E-state index in [2.05, 4.69) is 9.99 Å². The van der Waals surface area contributed by atoms with Crippen molar-refractivity contribution in [3.8, 4) is 0 Å². The summed E-state index contributed by atoms with van der Waals surface area (Å²) < 4.78 is 37.1. The number of halogens is 3. The summed E-state index contributed by atoms with van der Waals surface area (Å²) in [7, 11) is 0. The van der Waals surface area contributed by atoms with Crippen molar-refractivity contribution < 1.29 is 23.1 Å². The van der Waals surface area contributed by atoms with E-state index < -0.39 is 18.4 Å². The van der Waals surface area contributed by atoms with Gasteiger partial charge in [0.05, 0.1) is 12.1 Å². The van der Waals surface area contributed by atoms with Gasteiger partial charge in [0.15, 0.2) is 0 Å². The Morgan fingerprint density at radius 2 is 2.24 bits per heavy atom. The Morgan fingerprint density at radius 3 is 2.76 bits per heavy atom. The molecule has 2 rings (SSSR count). The average Bonchev–Trinajstić information content (AvgIpc) is 2.83. The van der Waals surface area contributed by atoms with Crippen LogP contribution in [-0.4, -0.2) is 22.8 Å². The molecule has 0 fully saturated rings. The lowest BCUT2D eigenvalue weighted by Crippen LogP contribution is -2.45. The van der Waals surface area contributed by atoms with Gasteiger partial charge in [-0.1, -0.05) is 11.2 Å². The molecule has 1 unspecified atom stereocenters. The summed E-state index contributed by atoms with van der Waals surface area (Å²) in [6, 6.07) is 3.64. The van der Waals surface area contributed by atoms with Gasteiger partial charge in [-0.2, -0.15) is 13.2 Å². The van der Waals surface area contributed by atoms with E-state index in [0.717, 1.165) is 4.88 Å². The van der Waals surface area contributed by atoms with Crippen molar-refractivity contribution in [2.75, 3.05) is 0 Å². The van der Waals surface area contributed by atoms with E-state index in [1.165, 1.54) is 17.4 Å². The summed E-state index contributed by atoms with van der Waals surface area (Å²) in [4.78, 5) is 4.94. The molecular weight excluding hydrogens is 255 g/mol. The molecule has 0 saturated heterocycles. The third-order valence-corrected chi connectivity index (χ3v) is 3.00. The molecule has 0 aliphatic carbocycles. The maximum atomic E-state index is 12.4. The standard InChI is InChI=1S/C10H8F3NO2S/c11-10(12,13)9(15)6-7(14-16-9)3-4-8-2-1-5-17-8/h1-5,15H,6H2/b4-3+. The van der Waals surface area contributed by atoms with Crippen molar-refractivity contribution in [2.45, 2.75) is 18.4 Å². The molecule has 92 valence electrons. The zero-order valence-corrected chi connectivity index (χ0v) is 9.26. The van der Waals surface area contributed by atoms with Crippen molar-refractivity contribution in [1.29, 1.82) is 0 Å². The summed E-state index contributed by atoms with van der Waals surface area (Å²) in [6.07, 6.45) is -2.53. The minimum absolute atomic E-state index is 0.0539. The first-order valence-electron chi connectivity index (χ1n) is 4.66. The fraction of sp³-hybridized carbons (Fsp3) is 0.300. The highest BCUT2D eigenvalue weighted by Crippen LogP contribution is 2.38. The Labute approximate surface area is 98.8 Å². The fourth-order valence-corrected chi connectivity index (χ4v) is 1.87. The Hall–Kier alpha value is -1.34. The van der Waals surface area contributed by atoms with Gasteiger partial charge >= 0.3 is 12.0 Å². The van der Waals surface area contributed by atoms with Crippen molar-refractivity contribution in [3.63, 3.8) is 0 Å². The molecular formula is C10H8F3NO2S. The number of allylic oxidation sites excluding steroid dienone is 1. The maximum Gasteiger partial charge on any atom is 0.458 e. The summed E-state index contributed by atoms with van der Waals surface area (Å²) in [5.74, 6) is -3.19. The van der Waals surface area contributed by atoms with Gasteiger partial charge in [0.2, 0.25) is 0 Å². The number of thiophene rings is 1. The zero-order valence-electron chi connectivity index (χ0n) is 8.44. The molecule has 3 nitrogen and oxygen atoms in total. The Kier molecular flexibility index (Phi) is 2.96. The third kappa shape index (κ3) is 2.50. The topological polar surface area (TPSA) is 41.8 Å². The number of rotatable bonds is 2. The molecule has 0 saturated carbocycles. The molecule has 17 heavy (non-hydrogen) atoms. The molecule has 0 radical (unpaired) electrons. The van der Waals surface area contributed by atoms with Gasteiger partial charge in [0, 0.05) is 4.88 Å². The van der Waals surface area contributed by atoms with Crippen molar-refractivity contribution in [1.82, 2.24) is 0 Å². The normalized spacial score (nSPS) is 25.1. The number of nitrogens with zero attached hydrogens (tertiary/aromatic N) is 1. The Bertz CT molecular complexity index is 453. The first kappa shape index (κ1) is 12.1. The lowest BCUT2D eigenvalue weighted by Gasteiger charge is -2.22. The highest BCUT2D eigenvalue weighted by Gasteiger charge is 2.60. The van der Waals surface area contributed by atoms with E-state index in [1.54, 1.807) is 6.08 Å². The first-order valence-corrected chi connectivity index (χ1v) is 5.54. The predicted molar refractivity (Wildman–Crippen MR) is 57.5 cm³/mol. The van der Waals surface area contributed by atoms with Crippen LogP contribution < -0.4 is 0 Å². The van der Waals surface area contributed by atoms with Crippen LogP contribution in [0.25, 0.3) is 6.08 Å². The number of oxime groups is 1. The zero-order chi connectivity index (χ0) is 12.5. The van der Waals surface area contributed by atoms with Crippen LogP contribution in [-0.2, 0) is 4.84 Å². The van der Waals surface area contributed by atoms with Crippen LogP contribution in [0.3, 0.4) is 0 Å². The van der Waals surface area contributed by atoms with Gasteiger partial charge in [0.1, 0.15) is 0 Å². The van der Waals surface area contributed by atoms with E-state index in [0.29, 0.717) is 0 Å². The van der Waals surface area contributed by atoms with Crippen molar-refractivity contribution in [2.24, 2.45) is 5.16 Å². The second kappa shape index (κ2) is 4.15. The summed E-state index contributed by atoms with van der Waals surface area (Å²) >= 11 is 1.44. The van der Waals surface area contributed by atoms with Crippen molar-refractivity contribution >= 4 is 23.1 Å². The van der Waals surface area contributed by atoms with E-state index >= 15 is 0 Å². The molecule has 1 aromatic heterocycles. The molecule has 1 aromatic rings. The summed E-state index contributed by atoms with van der Waals surface area (Å²) in [6.45, 7) is 0. The van der Waals surface area contributed by atoms with Crippen LogP contribution >= 0.6 is 11.3 Å². The second-order valence-electron chi connectivity index (χ2n) is 3.48. The molecule has 0 spiro atoms. The Balaban J connectivity index is 2.03. The second-order valence-corrected chi connectivity index (χ2v) is 4.46. The molecule has 7 heteroatoms. The highest BCUT2D eigenvalue weighted by atomic mass is 32.1. The molecule has 0 bridgehead atoms. The molecule has 1 N–H and O–H groups in total. The summed E-state index contributed by atoms with van der Waals surface area (Å²) in [5, 5.41) is 14.2. The highest BCUT2D eigenvalue weighted by molar-refractivity contribution is 7.10. The van der Waals surface area contributed by atoms with Crippen molar-refractivity contribution in [3.05, 3.63) is 28.5 Å². The van der Waals surface area contributed by atoms with Crippen LogP contribution in [0.15, 0.2) is 28.7 Å². The lowest BCUT2D eigenvalue weighted by atomic mass is 10.1. The average molecular weight is 263 g/mol. The lowest BCUT2D eigenvalue weighted by molar-refractivity contribution is -0.355. The molecule has 1 aliphatic heterocycles. The van der Waals surface area contributed by atoms with Gasteiger partial charge in [-0.3, -0.25) is 0 Å². The molecule has 0 amide bonds. The van der Waals surface area contributed by atoms with Crippen LogP contribution in [0.5, 0.6) is 0 Å². The number of alkyl halides is 3. The predicted octanol–water partition coefficient (Wildman–Crippen LogP) is 2.79. The fourth-order valence-electron chi connectivity index (χ4n) is 1.25. The summed E-state index contributed by atoms with van der Waals surface area (Å²) in [5.41, 5.74) is 0.0539. The number of hydrogen-bond donors (Lipinski definition) is 1.